The van der Waals surface area contributed by atoms with Gasteiger partial charge in [0, 0.05) is 0 Å². The number of hydrogen-bond donors (Lipinski definition) is 3. The minimum atomic E-state index is -0.533. The van der Waals surface area contributed by atoms with Crippen molar-refractivity contribution in [3.05, 3.63) is 0 Å². The number of rotatable bonds is 5. The molecule has 0 aliphatic rings. The highest BCUT2D eigenvalue weighted by molar-refractivity contribution is 5.84. The molecule has 0 unspecified atom stereocenters. The van der Waals surface area contributed by atoms with Crippen molar-refractivity contribution in [1.82, 2.24) is 10.6 Å². The molecule has 0 spiro atoms. The van der Waals surface area contributed by atoms with Crippen LogP contribution in [0, 0.1) is 0 Å². The number of nitrogens with two attached hydrogens (primary N) is 1. The van der Waals surface area contributed by atoms with Crippen LogP contribution in [0.1, 0.15) is 6.92 Å². The van der Waals surface area contributed by atoms with Gasteiger partial charge in [0.25, 0.3) is 0 Å². The lowest BCUT2D eigenvalue weighted by Crippen LogP contribution is -2.38. The van der Waals surface area contributed by atoms with Crippen LogP contribution in [0.15, 0.2) is 0 Å². The summed E-state index contributed by atoms with van der Waals surface area (Å²) in [5, 5.41) is 5.15. The third-order valence-corrected chi connectivity index (χ3v) is 0.995. The van der Waals surface area contributed by atoms with Crippen LogP contribution in [0.4, 0.5) is 0 Å². The Kier molecular flexibility index (Phi) is 5.10. The van der Waals surface area contributed by atoms with Gasteiger partial charge in [-0.15, -0.1) is 0 Å². The Hall–Kier alpha value is -1.10. The van der Waals surface area contributed by atoms with Crippen LogP contribution < -0.4 is 16.4 Å². The van der Waals surface area contributed by atoms with Gasteiger partial charge in [-0.2, -0.15) is 0 Å². The molecule has 2 amide bonds. The van der Waals surface area contributed by atoms with Crippen LogP contribution in [0.25, 0.3) is 0 Å². The van der Waals surface area contributed by atoms with Crippen LogP contribution in [-0.4, -0.2) is 31.4 Å². The van der Waals surface area contributed by atoms with Crippen molar-refractivity contribution >= 4 is 11.8 Å². The van der Waals surface area contributed by atoms with E-state index in [1.54, 1.807) is 0 Å². The monoisotopic (exact) mass is 159 g/mol. The second-order valence-electron chi connectivity index (χ2n) is 2.02. The normalized spacial score (nSPS) is 9.18. The molecule has 0 aromatic rings. The summed E-state index contributed by atoms with van der Waals surface area (Å²) >= 11 is 0. The van der Waals surface area contributed by atoms with Gasteiger partial charge < -0.3 is 16.4 Å². The highest BCUT2D eigenvalue weighted by Crippen LogP contribution is 1.63. The standard InChI is InChI=1S/C6H13N3O2/c1-2-8-4-6(11)9-3-5(7)10/h8H,2-4H2,1H3,(H2,7,10)(H,9,11). The lowest BCUT2D eigenvalue weighted by Gasteiger charge is -2.01. The van der Waals surface area contributed by atoms with E-state index in [0.29, 0.717) is 0 Å². The largest absolute Gasteiger partial charge is 0.368 e. The SMILES string of the molecule is CCNCC(=O)NCC(N)=O. The second kappa shape index (κ2) is 5.67. The highest BCUT2D eigenvalue weighted by Gasteiger charge is 1.99. The first kappa shape index (κ1) is 9.90. The Morgan fingerprint density at radius 1 is 1.36 bits per heavy atom. The number of likely N-dealkylation sites (N-methyl/N-ethyl adjacent to an activating group) is 1. The van der Waals surface area contributed by atoms with Crippen LogP contribution >= 0.6 is 0 Å². The molecule has 0 aromatic heterocycles. The Balaban J connectivity index is 3.30. The Labute approximate surface area is 65.3 Å². The first-order valence-electron chi connectivity index (χ1n) is 3.42. The summed E-state index contributed by atoms with van der Waals surface area (Å²) in [4.78, 5) is 20.9. The molecule has 5 heteroatoms. The van der Waals surface area contributed by atoms with Crippen molar-refractivity contribution in [1.29, 1.82) is 0 Å². The van der Waals surface area contributed by atoms with Crippen molar-refractivity contribution in [2.24, 2.45) is 5.73 Å². The van der Waals surface area contributed by atoms with Crippen LogP contribution in [-0.2, 0) is 9.59 Å². The lowest BCUT2D eigenvalue weighted by atomic mass is 10.5. The minimum Gasteiger partial charge on any atom is -0.368 e. The van der Waals surface area contributed by atoms with Gasteiger partial charge in [-0.3, -0.25) is 9.59 Å². The summed E-state index contributed by atoms with van der Waals surface area (Å²) in [6, 6.07) is 0. The zero-order valence-corrected chi connectivity index (χ0v) is 6.52. The van der Waals surface area contributed by atoms with E-state index in [4.69, 9.17) is 5.73 Å². The first-order valence-corrected chi connectivity index (χ1v) is 3.42. The summed E-state index contributed by atoms with van der Waals surface area (Å²) < 4.78 is 0. The molecule has 64 valence electrons. The van der Waals surface area contributed by atoms with Gasteiger partial charge in [0.15, 0.2) is 0 Å². The second-order valence-corrected chi connectivity index (χ2v) is 2.02. The van der Waals surface area contributed by atoms with E-state index in [2.05, 4.69) is 10.6 Å². The molecule has 0 radical (unpaired) electrons. The van der Waals surface area contributed by atoms with E-state index >= 15 is 0 Å². The van der Waals surface area contributed by atoms with Gasteiger partial charge >= 0.3 is 0 Å². The van der Waals surface area contributed by atoms with E-state index in [-0.39, 0.29) is 19.0 Å². The molecule has 0 atom stereocenters. The van der Waals surface area contributed by atoms with Gasteiger partial charge in [-0.1, -0.05) is 6.92 Å². The van der Waals surface area contributed by atoms with E-state index in [9.17, 15) is 9.59 Å². The molecule has 0 fully saturated rings. The van der Waals surface area contributed by atoms with Gasteiger partial charge in [0.2, 0.25) is 11.8 Å². The number of amides is 2. The van der Waals surface area contributed by atoms with Crippen LogP contribution in [0.2, 0.25) is 0 Å². The summed E-state index contributed by atoms with van der Waals surface area (Å²) in [5.74, 6) is -0.750. The van der Waals surface area contributed by atoms with Gasteiger partial charge in [-0.05, 0) is 6.54 Å². The average molecular weight is 159 g/mol. The summed E-state index contributed by atoms with van der Waals surface area (Å²) in [6.07, 6.45) is 0. The molecule has 0 aliphatic carbocycles. The average Bonchev–Trinajstić information content (AvgIpc) is 1.97. The smallest absolute Gasteiger partial charge is 0.236 e. The topological polar surface area (TPSA) is 84.2 Å². The van der Waals surface area contributed by atoms with Crippen molar-refractivity contribution in [3.8, 4) is 0 Å². The number of hydrogen-bond acceptors (Lipinski definition) is 3. The first-order chi connectivity index (χ1) is 5.16. The molecule has 0 saturated heterocycles. The molecule has 0 saturated carbocycles. The van der Waals surface area contributed by atoms with Gasteiger partial charge in [0.1, 0.15) is 0 Å². The molecule has 0 rings (SSSR count). The third kappa shape index (κ3) is 6.79. The maximum Gasteiger partial charge on any atom is 0.236 e. The van der Waals surface area contributed by atoms with E-state index in [1.165, 1.54) is 0 Å². The van der Waals surface area contributed by atoms with Crippen LogP contribution in [0.5, 0.6) is 0 Å². The molecule has 4 N–H and O–H groups in total. The number of primary amides is 1. The van der Waals surface area contributed by atoms with E-state index in [0.717, 1.165) is 6.54 Å². The molecule has 0 bridgehead atoms. The van der Waals surface area contributed by atoms with Gasteiger partial charge in [-0.25, -0.2) is 0 Å². The van der Waals surface area contributed by atoms with E-state index < -0.39 is 5.91 Å². The molecule has 0 aromatic carbocycles. The Morgan fingerprint density at radius 2 is 2.00 bits per heavy atom. The number of carbonyl (C=O) groups excluding carboxylic acids is 2. The highest BCUT2D eigenvalue weighted by atomic mass is 16.2. The maximum absolute atomic E-state index is 10.7. The maximum atomic E-state index is 10.7. The molecule has 0 heterocycles. The minimum absolute atomic E-state index is 0.0930. The fraction of sp³-hybridized carbons (Fsp3) is 0.667. The predicted molar refractivity (Wildman–Crippen MR) is 40.7 cm³/mol. The van der Waals surface area contributed by atoms with Crippen LogP contribution in [0.3, 0.4) is 0 Å². The summed E-state index contributed by atoms with van der Waals surface area (Å²) in [5.41, 5.74) is 4.80. The van der Waals surface area contributed by atoms with Crippen molar-refractivity contribution < 1.29 is 9.59 Å². The van der Waals surface area contributed by atoms with Crippen molar-refractivity contribution in [3.63, 3.8) is 0 Å². The molecular weight excluding hydrogens is 146 g/mol. The molecule has 11 heavy (non-hydrogen) atoms. The Morgan fingerprint density at radius 3 is 2.45 bits per heavy atom. The van der Waals surface area contributed by atoms with Crippen molar-refractivity contribution in [2.75, 3.05) is 19.6 Å². The van der Waals surface area contributed by atoms with Crippen molar-refractivity contribution in [2.45, 2.75) is 6.92 Å². The lowest BCUT2D eigenvalue weighted by molar-refractivity contribution is -0.124. The summed E-state index contributed by atoms with van der Waals surface area (Å²) in [6.45, 7) is 2.75. The predicted octanol–water partition coefficient (Wildman–Crippen LogP) is -1.80. The fourth-order valence-electron chi connectivity index (χ4n) is 0.487. The van der Waals surface area contributed by atoms with Gasteiger partial charge in [0.05, 0.1) is 13.1 Å². The Bertz CT molecular complexity index is 147. The number of nitrogens with one attached hydrogen (secondary N) is 2. The zero-order chi connectivity index (χ0) is 8.69. The third-order valence-electron chi connectivity index (χ3n) is 0.995. The quantitative estimate of drug-likeness (QED) is 0.442. The number of carbonyl (C=O) groups is 2. The molecular formula is C6H13N3O2. The zero-order valence-electron chi connectivity index (χ0n) is 6.52. The fourth-order valence-corrected chi connectivity index (χ4v) is 0.487. The summed E-state index contributed by atoms with van der Waals surface area (Å²) in [7, 11) is 0. The molecule has 0 aliphatic heterocycles. The van der Waals surface area contributed by atoms with E-state index in [1.807, 2.05) is 6.92 Å². The molecule has 5 nitrogen and oxygen atoms in total.